The van der Waals surface area contributed by atoms with Crippen LogP contribution in [0, 0.1) is 11.3 Å². The Morgan fingerprint density at radius 2 is 2.67 bits per heavy atom. The van der Waals surface area contributed by atoms with Gasteiger partial charge < -0.3 is 0 Å². The van der Waals surface area contributed by atoms with Gasteiger partial charge in [0.15, 0.2) is 0 Å². The van der Waals surface area contributed by atoms with Crippen molar-refractivity contribution < 1.29 is 0 Å². The summed E-state index contributed by atoms with van der Waals surface area (Å²) in [6.45, 7) is 0.855. The second kappa shape index (κ2) is 3.03. The highest BCUT2D eigenvalue weighted by molar-refractivity contribution is 5.73. The normalized spacial score (nSPS) is 16.6. The van der Waals surface area contributed by atoms with Crippen molar-refractivity contribution in [2.24, 2.45) is 4.99 Å². The van der Waals surface area contributed by atoms with Gasteiger partial charge in [-0.25, -0.2) is 0 Å². The molecule has 0 radical (unpaired) electrons. The molecule has 0 saturated heterocycles. The molecule has 1 heterocycles. The van der Waals surface area contributed by atoms with Gasteiger partial charge in [0, 0.05) is 12.8 Å². The van der Waals surface area contributed by atoms with Crippen molar-refractivity contribution in [3.8, 4) is 6.07 Å². The fourth-order valence-electron chi connectivity index (χ4n) is 0.773. The molecule has 0 unspecified atom stereocenters. The van der Waals surface area contributed by atoms with Crippen LogP contribution in [0.4, 0.5) is 0 Å². The zero-order chi connectivity index (χ0) is 6.53. The van der Waals surface area contributed by atoms with Crippen LogP contribution in [-0.4, -0.2) is 12.8 Å². The van der Waals surface area contributed by atoms with Crippen LogP contribution in [-0.2, 0) is 0 Å². The van der Waals surface area contributed by atoms with Crippen LogP contribution < -0.4 is 0 Å². The Morgan fingerprint density at radius 3 is 3.22 bits per heavy atom. The minimum absolute atomic E-state index is 0.562. The van der Waals surface area contributed by atoms with Crippen molar-refractivity contribution in [1.29, 1.82) is 5.26 Å². The summed E-state index contributed by atoms with van der Waals surface area (Å²) < 4.78 is 0. The van der Waals surface area contributed by atoms with Crippen LogP contribution in [0.2, 0.25) is 0 Å². The summed E-state index contributed by atoms with van der Waals surface area (Å²) in [5.41, 5.74) is 1.20. The molecule has 1 rings (SSSR count). The molecule has 2 heteroatoms. The molecule has 0 N–H and O–H groups in total. The summed E-state index contributed by atoms with van der Waals surface area (Å²) >= 11 is 0. The Balaban J connectivity index is 2.50. The molecule has 0 spiro atoms. The van der Waals surface area contributed by atoms with Gasteiger partial charge in [-0.05, 0) is 12.5 Å². The lowest BCUT2D eigenvalue weighted by Crippen LogP contribution is -1.93. The number of hydrogen-bond donors (Lipinski definition) is 0. The Bertz CT molecular complexity index is 184. The highest BCUT2D eigenvalue weighted by atomic mass is 14.7. The predicted molar refractivity (Wildman–Crippen MR) is 36.3 cm³/mol. The van der Waals surface area contributed by atoms with Crippen LogP contribution >= 0.6 is 0 Å². The quantitative estimate of drug-likeness (QED) is 0.513. The average molecular weight is 120 g/mol. The van der Waals surface area contributed by atoms with Gasteiger partial charge in [0.05, 0.1) is 12.5 Å². The molecular weight excluding hydrogens is 112 g/mol. The van der Waals surface area contributed by atoms with Gasteiger partial charge in [0.25, 0.3) is 0 Å². The first kappa shape index (κ1) is 6.03. The van der Waals surface area contributed by atoms with Crippen LogP contribution in [0.25, 0.3) is 0 Å². The third kappa shape index (κ3) is 1.69. The maximum atomic E-state index is 8.28. The lowest BCUT2D eigenvalue weighted by Gasteiger charge is -2.01. The lowest BCUT2D eigenvalue weighted by atomic mass is 10.1. The summed E-state index contributed by atoms with van der Waals surface area (Å²) in [5, 5.41) is 8.28. The van der Waals surface area contributed by atoms with E-state index in [0.717, 1.165) is 13.0 Å². The largest absolute Gasteiger partial charge is 0.293 e. The molecule has 0 bridgehead atoms. The number of allylic oxidation sites excluding steroid dienone is 1. The SMILES string of the molecule is N#CCC1=CC=NCC1. The first-order valence-corrected chi connectivity index (χ1v) is 2.98. The van der Waals surface area contributed by atoms with E-state index in [-0.39, 0.29) is 0 Å². The highest BCUT2D eigenvalue weighted by Crippen LogP contribution is 2.07. The monoisotopic (exact) mass is 120 g/mol. The van der Waals surface area contributed by atoms with E-state index in [1.54, 1.807) is 6.21 Å². The molecular formula is C7H8N2. The molecule has 0 aromatic heterocycles. The Hall–Kier alpha value is -1.10. The Morgan fingerprint density at radius 1 is 1.78 bits per heavy atom. The molecule has 0 amide bonds. The fraction of sp³-hybridized carbons (Fsp3) is 0.429. The van der Waals surface area contributed by atoms with Gasteiger partial charge in [0.1, 0.15) is 0 Å². The summed E-state index contributed by atoms with van der Waals surface area (Å²) in [6.07, 6.45) is 5.22. The number of aliphatic imine (C=N–C) groups is 1. The molecule has 0 aromatic rings. The van der Waals surface area contributed by atoms with Gasteiger partial charge in [0.2, 0.25) is 0 Å². The third-order valence-electron chi connectivity index (χ3n) is 1.28. The maximum absolute atomic E-state index is 8.28. The number of nitriles is 1. The molecule has 9 heavy (non-hydrogen) atoms. The summed E-state index contributed by atoms with van der Waals surface area (Å²) in [5.74, 6) is 0. The van der Waals surface area contributed by atoms with Crippen molar-refractivity contribution in [2.75, 3.05) is 6.54 Å². The molecule has 0 atom stereocenters. The van der Waals surface area contributed by atoms with E-state index in [1.165, 1.54) is 5.57 Å². The minimum atomic E-state index is 0.562. The van der Waals surface area contributed by atoms with Crippen molar-refractivity contribution >= 4 is 6.21 Å². The van der Waals surface area contributed by atoms with Gasteiger partial charge in [-0.15, -0.1) is 0 Å². The summed E-state index contributed by atoms with van der Waals surface area (Å²) in [4.78, 5) is 4.00. The first-order chi connectivity index (χ1) is 4.43. The topological polar surface area (TPSA) is 36.1 Å². The smallest absolute Gasteiger partial charge is 0.0666 e. The average Bonchev–Trinajstić information content (AvgIpc) is 1.91. The Kier molecular flexibility index (Phi) is 2.03. The zero-order valence-corrected chi connectivity index (χ0v) is 5.17. The molecule has 0 aromatic carbocycles. The molecule has 1 aliphatic rings. The molecule has 0 aliphatic carbocycles. The van der Waals surface area contributed by atoms with E-state index >= 15 is 0 Å². The third-order valence-corrected chi connectivity index (χ3v) is 1.28. The van der Waals surface area contributed by atoms with E-state index in [2.05, 4.69) is 11.1 Å². The number of hydrogen-bond acceptors (Lipinski definition) is 2. The molecule has 46 valence electrons. The van der Waals surface area contributed by atoms with E-state index in [4.69, 9.17) is 5.26 Å². The second-order valence-electron chi connectivity index (χ2n) is 1.97. The molecule has 0 fully saturated rings. The molecule has 2 nitrogen and oxygen atoms in total. The summed E-state index contributed by atoms with van der Waals surface area (Å²) in [7, 11) is 0. The van der Waals surface area contributed by atoms with E-state index in [9.17, 15) is 0 Å². The Labute approximate surface area is 54.5 Å². The van der Waals surface area contributed by atoms with Crippen LogP contribution in [0.3, 0.4) is 0 Å². The predicted octanol–water partition coefficient (Wildman–Crippen LogP) is 1.30. The second-order valence-corrected chi connectivity index (χ2v) is 1.97. The van der Waals surface area contributed by atoms with Gasteiger partial charge in [-0.1, -0.05) is 5.57 Å². The van der Waals surface area contributed by atoms with Crippen LogP contribution in [0.1, 0.15) is 12.8 Å². The van der Waals surface area contributed by atoms with E-state index < -0.39 is 0 Å². The first-order valence-electron chi connectivity index (χ1n) is 2.98. The van der Waals surface area contributed by atoms with Crippen molar-refractivity contribution in [1.82, 2.24) is 0 Å². The van der Waals surface area contributed by atoms with Crippen LogP contribution in [0.15, 0.2) is 16.6 Å². The fourth-order valence-corrected chi connectivity index (χ4v) is 0.773. The standard InChI is InChI=1S/C7H8N2/c8-4-1-7-2-5-9-6-3-7/h2,5H,1,3,6H2. The zero-order valence-electron chi connectivity index (χ0n) is 5.17. The molecule has 0 saturated carbocycles. The number of rotatable bonds is 1. The minimum Gasteiger partial charge on any atom is -0.293 e. The number of dihydropyridines is 1. The number of nitrogens with zero attached hydrogens (tertiary/aromatic N) is 2. The maximum Gasteiger partial charge on any atom is 0.0666 e. The molecule has 1 aliphatic heterocycles. The highest BCUT2D eigenvalue weighted by Gasteiger charge is 1.97. The van der Waals surface area contributed by atoms with Crippen LogP contribution in [0.5, 0.6) is 0 Å². The van der Waals surface area contributed by atoms with Gasteiger partial charge in [-0.3, -0.25) is 4.99 Å². The van der Waals surface area contributed by atoms with Gasteiger partial charge >= 0.3 is 0 Å². The van der Waals surface area contributed by atoms with E-state index in [1.807, 2.05) is 6.08 Å². The lowest BCUT2D eigenvalue weighted by molar-refractivity contribution is 0.915. The van der Waals surface area contributed by atoms with Gasteiger partial charge in [-0.2, -0.15) is 5.26 Å². The van der Waals surface area contributed by atoms with E-state index in [0.29, 0.717) is 6.42 Å². The summed E-state index contributed by atoms with van der Waals surface area (Å²) in [6, 6.07) is 2.11. The van der Waals surface area contributed by atoms with Crippen molar-refractivity contribution in [2.45, 2.75) is 12.8 Å². The van der Waals surface area contributed by atoms with Crippen molar-refractivity contribution in [3.63, 3.8) is 0 Å². The van der Waals surface area contributed by atoms with Crippen molar-refractivity contribution in [3.05, 3.63) is 11.6 Å².